The van der Waals surface area contributed by atoms with Crippen LogP contribution in [0.3, 0.4) is 0 Å². The van der Waals surface area contributed by atoms with Crippen molar-refractivity contribution in [2.45, 2.75) is 43.0 Å². The van der Waals surface area contributed by atoms with E-state index in [2.05, 4.69) is 5.32 Å². The molecule has 0 aromatic heterocycles. The Balaban J connectivity index is 2.20. The van der Waals surface area contributed by atoms with E-state index in [1.54, 1.807) is 4.90 Å². The predicted molar refractivity (Wildman–Crippen MR) is 81.7 cm³/mol. The summed E-state index contributed by atoms with van der Waals surface area (Å²) in [5.74, 6) is -0.924. The third-order valence-corrected chi connectivity index (χ3v) is 5.89. The minimum Gasteiger partial charge on any atom is -0.338 e. The van der Waals surface area contributed by atoms with Crippen LogP contribution in [0.15, 0.2) is 29.2 Å². The molecule has 3 atom stereocenters. The fourth-order valence-corrected chi connectivity index (χ4v) is 4.06. The Kier molecular flexibility index (Phi) is 4.87. The molecule has 1 aromatic carbocycles. The third-order valence-electron chi connectivity index (χ3n) is 3.82. The summed E-state index contributed by atoms with van der Waals surface area (Å²) in [7, 11) is -3.82. The average Bonchev–Trinajstić information content (AvgIpc) is 2.45. The van der Waals surface area contributed by atoms with Gasteiger partial charge in [0.1, 0.15) is 11.1 Å². The van der Waals surface area contributed by atoms with Crippen molar-refractivity contribution in [1.29, 1.82) is 0 Å². The van der Waals surface area contributed by atoms with E-state index in [1.165, 1.54) is 19.1 Å². The van der Waals surface area contributed by atoms with Crippen LogP contribution in [0.2, 0.25) is 0 Å². The van der Waals surface area contributed by atoms with Crippen molar-refractivity contribution in [3.63, 3.8) is 0 Å². The van der Waals surface area contributed by atoms with Crippen molar-refractivity contribution in [2.24, 2.45) is 0 Å². The molecular formula is C15H21FN2O3S. The summed E-state index contributed by atoms with van der Waals surface area (Å²) in [5.41, 5.74) is 0. The van der Waals surface area contributed by atoms with Crippen molar-refractivity contribution in [1.82, 2.24) is 10.2 Å². The zero-order valence-electron chi connectivity index (χ0n) is 12.9. The van der Waals surface area contributed by atoms with Crippen LogP contribution in [0.4, 0.5) is 4.39 Å². The average molecular weight is 328 g/mol. The molecule has 5 nitrogen and oxygen atoms in total. The summed E-state index contributed by atoms with van der Waals surface area (Å²) in [4.78, 5) is 14.1. The lowest BCUT2D eigenvalue weighted by Gasteiger charge is -2.37. The van der Waals surface area contributed by atoms with Gasteiger partial charge in [-0.05, 0) is 45.0 Å². The molecule has 1 saturated heterocycles. The molecule has 0 saturated carbocycles. The molecule has 1 aromatic rings. The molecule has 22 heavy (non-hydrogen) atoms. The zero-order valence-corrected chi connectivity index (χ0v) is 13.7. The number of carbonyl (C=O) groups is 1. The Morgan fingerprint density at radius 2 is 1.73 bits per heavy atom. The molecule has 1 fully saturated rings. The molecule has 1 heterocycles. The Morgan fingerprint density at radius 3 is 2.23 bits per heavy atom. The lowest BCUT2D eigenvalue weighted by molar-refractivity contribution is -0.132. The fraction of sp³-hybridized carbons (Fsp3) is 0.533. The number of nitrogens with one attached hydrogen (secondary N) is 1. The van der Waals surface area contributed by atoms with Gasteiger partial charge in [0.25, 0.3) is 0 Å². The molecule has 0 radical (unpaired) electrons. The molecule has 0 spiro atoms. The Hall–Kier alpha value is -1.47. The first-order valence-electron chi connectivity index (χ1n) is 7.26. The van der Waals surface area contributed by atoms with Crippen molar-refractivity contribution in [2.75, 3.05) is 13.1 Å². The number of halogens is 1. The van der Waals surface area contributed by atoms with E-state index in [4.69, 9.17) is 0 Å². The van der Waals surface area contributed by atoms with Crippen LogP contribution in [0.1, 0.15) is 20.8 Å². The summed E-state index contributed by atoms with van der Waals surface area (Å²) in [6, 6.07) is 4.79. The molecule has 122 valence electrons. The van der Waals surface area contributed by atoms with E-state index in [-0.39, 0.29) is 17.0 Å². The van der Waals surface area contributed by atoms with Crippen LogP contribution in [-0.4, -0.2) is 49.6 Å². The minimum atomic E-state index is -3.82. The van der Waals surface area contributed by atoms with E-state index in [9.17, 15) is 17.6 Å². The van der Waals surface area contributed by atoms with Crippen LogP contribution in [-0.2, 0) is 14.6 Å². The lowest BCUT2D eigenvalue weighted by Crippen LogP contribution is -2.58. The second-order valence-electron chi connectivity index (χ2n) is 5.85. The summed E-state index contributed by atoms with van der Waals surface area (Å²) in [5, 5.41) is 2.11. The van der Waals surface area contributed by atoms with Crippen LogP contribution < -0.4 is 5.32 Å². The molecule has 1 N–H and O–H groups in total. The summed E-state index contributed by atoms with van der Waals surface area (Å²) in [6.07, 6.45) is 0. The van der Waals surface area contributed by atoms with Crippen LogP contribution in [0.25, 0.3) is 0 Å². The van der Waals surface area contributed by atoms with Crippen LogP contribution >= 0.6 is 0 Å². The first-order chi connectivity index (χ1) is 10.2. The van der Waals surface area contributed by atoms with Gasteiger partial charge in [-0.25, -0.2) is 12.8 Å². The molecular weight excluding hydrogens is 307 g/mol. The van der Waals surface area contributed by atoms with Gasteiger partial charge in [0.2, 0.25) is 5.91 Å². The van der Waals surface area contributed by atoms with E-state index in [1.807, 2.05) is 13.8 Å². The van der Waals surface area contributed by atoms with E-state index in [0.29, 0.717) is 13.1 Å². The highest BCUT2D eigenvalue weighted by atomic mass is 32.2. The second-order valence-corrected chi connectivity index (χ2v) is 8.12. The lowest BCUT2D eigenvalue weighted by atomic mass is 10.1. The number of carbonyl (C=O) groups excluding carboxylic acids is 1. The number of sulfone groups is 1. The maximum absolute atomic E-state index is 12.9. The highest BCUT2D eigenvalue weighted by Crippen LogP contribution is 2.19. The normalized spacial score (nSPS) is 24.1. The molecule has 1 amide bonds. The van der Waals surface area contributed by atoms with Gasteiger partial charge in [-0.1, -0.05) is 0 Å². The van der Waals surface area contributed by atoms with E-state index < -0.39 is 26.8 Å². The number of amides is 1. The SMILES string of the molecule is C[C@@H]1CN(C(=O)[C@@H](C)S(=O)(=O)c2ccc(F)cc2)C[C@H](C)N1. The monoisotopic (exact) mass is 328 g/mol. The molecule has 0 unspecified atom stereocenters. The van der Waals surface area contributed by atoms with E-state index in [0.717, 1.165) is 12.1 Å². The first-order valence-corrected chi connectivity index (χ1v) is 8.80. The van der Waals surface area contributed by atoms with Crippen molar-refractivity contribution >= 4 is 15.7 Å². The molecule has 1 aliphatic heterocycles. The Bertz CT molecular complexity index is 635. The summed E-state index contributed by atoms with van der Waals surface area (Å²) in [6.45, 7) is 6.25. The van der Waals surface area contributed by atoms with Gasteiger partial charge in [0.15, 0.2) is 9.84 Å². The summed E-state index contributed by atoms with van der Waals surface area (Å²) < 4.78 is 37.9. The van der Waals surface area contributed by atoms with Crippen LogP contribution in [0, 0.1) is 5.82 Å². The van der Waals surface area contributed by atoms with Crippen molar-refractivity contribution in [3.05, 3.63) is 30.1 Å². The van der Waals surface area contributed by atoms with Crippen LogP contribution in [0.5, 0.6) is 0 Å². The molecule has 1 aliphatic rings. The zero-order chi connectivity index (χ0) is 16.5. The third kappa shape index (κ3) is 3.47. The summed E-state index contributed by atoms with van der Waals surface area (Å²) >= 11 is 0. The number of piperazine rings is 1. The van der Waals surface area contributed by atoms with Crippen molar-refractivity contribution < 1.29 is 17.6 Å². The highest BCUT2D eigenvalue weighted by molar-refractivity contribution is 7.92. The van der Waals surface area contributed by atoms with Gasteiger partial charge >= 0.3 is 0 Å². The van der Waals surface area contributed by atoms with Gasteiger partial charge in [0.05, 0.1) is 4.90 Å². The molecule has 0 bridgehead atoms. The quantitative estimate of drug-likeness (QED) is 0.847. The van der Waals surface area contributed by atoms with Crippen molar-refractivity contribution in [3.8, 4) is 0 Å². The molecule has 7 heteroatoms. The van der Waals surface area contributed by atoms with Gasteiger partial charge in [-0.2, -0.15) is 0 Å². The highest BCUT2D eigenvalue weighted by Gasteiger charge is 2.35. The Labute approximate surface area is 130 Å². The standard InChI is InChI=1S/C15H21FN2O3S/c1-10-8-18(9-11(2)17-10)15(19)12(3)22(20,21)14-6-4-13(16)5-7-14/h4-7,10-12,17H,8-9H2,1-3H3/t10-,11+,12-/m1/s1. The number of benzene rings is 1. The second kappa shape index (κ2) is 6.34. The topological polar surface area (TPSA) is 66.5 Å². The smallest absolute Gasteiger partial charge is 0.241 e. The first kappa shape index (κ1) is 16.9. The largest absolute Gasteiger partial charge is 0.338 e. The number of hydrogen-bond donors (Lipinski definition) is 1. The van der Waals surface area contributed by atoms with Gasteiger partial charge < -0.3 is 10.2 Å². The van der Waals surface area contributed by atoms with Gasteiger partial charge in [-0.15, -0.1) is 0 Å². The number of rotatable bonds is 3. The van der Waals surface area contributed by atoms with Gasteiger partial charge in [-0.3, -0.25) is 4.79 Å². The van der Waals surface area contributed by atoms with Gasteiger partial charge in [0, 0.05) is 25.2 Å². The molecule has 0 aliphatic carbocycles. The predicted octanol–water partition coefficient (Wildman–Crippen LogP) is 1.20. The fourth-order valence-electron chi connectivity index (χ4n) is 2.72. The maximum Gasteiger partial charge on any atom is 0.241 e. The number of nitrogens with zero attached hydrogens (tertiary/aromatic N) is 1. The maximum atomic E-state index is 12.9. The Morgan fingerprint density at radius 1 is 1.23 bits per heavy atom. The number of hydrogen-bond acceptors (Lipinski definition) is 4. The molecule has 2 rings (SSSR count). The minimum absolute atomic E-state index is 0.0361. The van der Waals surface area contributed by atoms with E-state index >= 15 is 0 Å².